The fraction of sp³-hybridized carbons (Fsp3) is 0.238. The van der Waals surface area contributed by atoms with Crippen molar-refractivity contribution in [3.05, 3.63) is 65.9 Å². The molecule has 0 radical (unpaired) electrons. The molecule has 27 heavy (non-hydrogen) atoms. The number of benzene rings is 2. The fourth-order valence-electron chi connectivity index (χ4n) is 3.76. The van der Waals surface area contributed by atoms with Gasteiger partial charge in [0.2, 0.25) is 0 Å². The summed E-state index contributed by atoms with van der Waals surface area (Å²) in [4.78, 5) is 15.3. The number of hydrogen-bond acceptors (Lipinski definition) is 4. The highest BCUT2D eigenvalue weighted by atomic mass is 16.5. The second-order valence-electron chi connectivity index (χ2n) is 6.66. The summed E-state index contributed by atoms with van der Waals surface area (Å²) in [5.41, 5.74) is 9.12. The lowest BCUT2D eigenvalue weighted by Crippen LogP contribution is -2.31. The van der Waals surface area contributed by atoms with Crippen LogP contribution in [0.3, 0.4) is 0 Å². The first-order valence-corrected chi connectivity index (χ1v) is 9.03. The van der Waals surface area contributed by atoms with Crippen LogP contribution in [0.4, 0.5) is 5.82 Å². The molecule has 1 saturated heterocycles. The first-order chi connectivity index (χ1) is 13.2. The number of ether oxygens (including phenoxy) is 1. The monoisotopic (exact) mass is 362 g/mol. The number of aromatic nitrogens is 2. The second kappa shape index (κ2) is 7.15. The molecule has 1 aliphatic rings. The SMILES string of the molecule is COc1cccc(C2CCCN2C(=O)c2[nH]nc(N)c2-c2ccccc2)c1. The number of nitrogens with two attached hydrogens (primary N) is 1. The van der Waals surface area contributed by atoms with E-state index in [2.05, 4.69) is 10.2 Å². The molecule has 2 aromatic carbocycles. The summed E-state index contributed by atoms with van der Waals surface area (Å²) in [7, 11) is 1.65. The fourth-order valence-corrected chi connectivity index (χ4v) is 3.76. The zero-order valence-corrected chi connectivity index (χ0v) is 15.2. The van der Waals surface area contributed by atoms with E-state index in [1.165, 1.54) is 0 Å². The highest BCUT2D eigenvalue weighted by Crippen LogP contribution is 2.36. The number of anilines is 1. The average Bonchev–Trinajstić information content (AvgIpc) is 3.35. The van der Waals surface area contributed by atoms with Gasteiger partial charge in [-0.15, -0.1) is 0 Å². The molecular formula is C21H22N4O2. The van der Waals surface area contributed by atoms with E-state index < -0.39 is 0 Å². The number of amides is 1. The van der Waals surface area contributed by atoms with Crippen LogP contribution in [0, 0.1) is 0 Å². The Bertz CT molecular complexity index is 952. The van der Waals surface area contributed by atoms with E-state index in [0.29, 0.717) is 23.6 Å². The average molecular weight is 362 g/mol. The van der Waals surface area contributed by atoms with Gasteiger partial charge in [0.25, 0.3) is 5.91 Å². The van der Waals surface area contributed by atoms with Gasteiger partial charge in [0.15, 0.2) is 5.82 Å². The number of methoxy groups -OCH3 is 1. The number of likely N-dealkylation sites (tertiary alicyclic amines) is 1. The summed E-state index contributed by atoms with van der Waals surface area (Å²) in [6.45, 7) is 0.702. The molecule has 6 nitrogen and oxygen atoms in total. The largest absolute Gasteiger partial charge is 0.497 e. The highest BCUT2D eigenvalue weighted by Gasteiger charge is 2.33. The van der Waals surface area contributed by atoms with Crippen LogP contribution in [0.5, 0.6) is 5.75 Å². The zero-order valence-electron chi connectivity index (χ0n) is 15.2. The Hall–Kier alpha value is -3.28. The normalized spacial score (nSPS) is 16.5. The molecule has 0 bridgehead atoms. The standard InChI is InChI=1S/C21H22N4O2/c1-27-16-10-5-9-15(13-16)17-11-6-12-25(17)21(26)19-18(20(22)24-23-19)14-7-3-2-4-8-14/h2-5,7-10,13,17H,6,11-12H2,1H3,(H3,22,23,24). The van der Waals surface area contributed by atoms with Gasteiger partial charge < -0.3 is 15.4 Å². The molecule has 1 amide bonds. The van der Waals surface area contributed by atoms with Crippen molar-refractivity contribution in [1.82, 2.24) is 15.1 Å². The predicted molar refractivity (Wildman–Crippen MR) is 104 cm³/mol. The molecule has 3 N–H and O–H groups in total. The molecule has 1 fully saturated rings. The lowest BCUT2D eigenvalue weighted by Gasteiger charge is -2.25. The highest BCUT2D eigenvalue weighted by molar-refractivity contribution is 6.01. The van der Waals surface area contributed by atoms with Crippen LogP contribution in [0.15, 0.2) is 54.6 Å². The Balaban J connectivity index is 1.69. The van der Waals surface area contributed by atoms with Gasteiger partial charge in [0, 0.05) is 6.54 Å². The van der Waals surface area contributed by atoms with Crippen LogP contribution in [-0.2, 0) is 0 Å². The third kappa shape index (κ3) is 3.14. The Kier molecular flexibility index (Phi) is 4.54. The summed E-state index contributed by atoms with van der Waals surface area (Å²) < 4.78 is 5.34. The number of carbonyl (C=O) groups is 1. The molecule has 0 aliphatic carbocycles. The number of hydrogen-bond donors (Lipinski definition) is 2. The van der Waals surface area contributed by atoms with Crippen LogP contribution in [0.1, 0.15) is 34.9 Å². The molecule has 3 aromatic rings. The molecule has 138 valence electrons. The Labute approximate surface area is 158 Å². The van der Waals surface area contributed by atoms with E-state index in [9.17, 15) is 4.79 Å². The molecular weight excluding hydrogens is 340 g/mol. The van der Waals surface area contributed by atoms with Crippen LogP contribution >= 0.6 is 0 Å². The lowest BCUT2D eigenvalue weighted by atomic mass is 10.0. The van der Waals surface area contributed by atoms with Gasteiger partial charge in [-0.1, -0.05) is 42.5 Å². The molecule has 1 atom stereocenters. The van der Waals surface area contributed by atoms with Gasteiger partial charge in [-0.2, -0.15) is 5.10 Å². The lowest BCUT2D eigenvalue weighted by molar-refractivity contribution is 0.0730. The smallest absolute Gasteiger partial charge is 0.273 e. The quantitative estimate of drug-likeness (QED) is 0.742. The summed E-state index contributed by atoms with van der Waals surface area (Å²) >= 11 is 0. The van der Waals surface area contributed by atoms with E-state index in [0.717, 1.165) is 29.7 Å². The van der Waals surface area contributed by atoms with Crippen molar-refractivity contribution in [3.8, 4) is 16.9 Å². The van der Waals surface area contributed by atoms with E-state index in [1.807, 2.05) is 59.5 Å². The van der Waals surface area contributed by atoms with Gasteiger partial charge in [-0.3, -0.25) is 9.89 Å². The number of nitrogens with one attached hydrogen (secondary N) is 1. The van der Waals surface area contributed by atoms with Gasteiger partial charge in [-0.25, -0.2) is 0 Å². The van der Waals surface area contributed by atoms with E-state index in [4.69, 9.17) is 10.5 Å². The third-order valence-corrected chi connectivity index (χ3v) is 5.06. The van der Waals surface area contributed by atoms with Crippen molar-refractivity contribution < 1.29 is 9.53 Å². The van der Waals surface area contributed by atoms with E-state index >= 15 is 0 Å². The molecule has 6 heteroatoms. The molecule has 4 rings (SSSR count). The van der Waals surface area contributed by atoms with Gasteiger partial charge in [0.05, 0.1) is 18.7 Å². The summed E-state index contributed by atoms with van der Waals surface area (Å²) in [5.74, 6) is 1.05. The van der Waals surface area contributed by atoms with Gasteiger partial charge >= 0.3 is 0 Å². The minimum Gasteiger partial charge on any atom is -0.497 e. The minimum atomic E-state index is -0.0802. The number of nitrogen functional groups attached to an aromatic ring is 1. The maximum atomic E-state index is 13.4. The van der Waals surface area contributed by atoms with Gasteiger partial charge in [-0.05, 0) is 36.1 Å². The molecule has 0 saturated carbocycles. The molecule has 1 unspecified atom stereocenters. The molecule has 2 heterocycles. The van der Waals surface area contributed by atoms with Crippen LogP contribution in [0.25, 0.3) is 11.1 Å². The van der Waals surface area contributed by atoms with Crippen LogP contribution in [0.2, 0.25) is 0 Å². The number of rotatable bonds is 4. The molecule has 1 aromatic heterocycles. The summed E-state index contributed by atoms with van der Waals surface area (Å²) in [6.07, 6.45) is 1.88. The van der Waals surface area contributed by atoms with E-state index in [1.54, 1.807) is 7.11 Å². The molecule has 0 spiro atoms. The summed E-state index contributed by atoms with van der Waals surface area (Å²) in [5, 5.41) is 6.95. The van der Waals surface area contributed by atoms with Crippen molar-refractivity contribution >= 4 is 11.7 Å². The number of aromatic amines is 1. The Morgan fingerprint density at radius 2 is 2.04 bits per heavy atom. The number of nitrogens with zero attached hydrogens (tertiary/aromatic N) is 2. The number of H-pyrrole nitrogens is 1. The summed E-state index contributed by atoms with van der Waals surface area (Å²) in [6, 6.07) is 17.6. The Morgan fingerprint density at radius 1 is 1.22 bits per heavy atom. The van der Waals surface area contributed by atoms with Crippen molar-refractivity contribution in [2.45, 2.75) is 18.9 Å². The van der Waals surface area contributed by atoms with Crippen molar-refractivity contribution in [3.63, 3.8) is 0 Å². The second-order valence-corrected chi connectivity index (χ2v) is 6.66. The first kappa shape index (κ1) is 17.1. The molecule has 1 aliphatic heterocycles. The van der Waals surface area contributed by atoms with Crippen molar-refractivity contribution in [2.24, 2.45) is 0 Å². The zero-order chi connectivity index (χ0) is 18.8. The third-order valence-electron chi connectivity index (χ3n) is 5.06. The van der Waals surface area contributed by atoms with E-state index in [-0.39, 0.29) is 11.9 Å². The van der Waals surface area contributed by atoms with Crippen molar-refractivity contribution in [2.75, 3.05) is 19.4 Å². The topological polar surface area (TPSA) is 84.2 Å². The Morgan fingerprint density at radius 3 is 2.81 bits per heavy atom. The maximum absolute atomic E-state index is 13.4. The van der Waals surface area contributed by atoms with Crippen molar-refractivity contribution in [1.29, 1.82) is 0 Å². The van der Waals surface area contributed by atoms with Crippen LogP contribution < -0.4 is 10.5 Å². The maximum Gasteiger partial charge on any atom is 0.273 e. The number of carbonyl (C=O) groups excluding carboxylic acids is 1. The van der Waals surface area contributed by atoms with Gasteiger partial charge in [0.1, 0.15) is 11.4 Å². The minimum absolute atomic E-state index is 0.0146. The van der Waals surface area contributed by atoms with Crippen LogP contribution in [-0.4, -0.2) is 34.7 Å². The first-order valence-electron chi connectivity index (χ1n) is 9.03. The predicted octanol–water partition coefficient (Wildman–Crippen LogP) is 3.64.